The van der Waals surface area contributed by atoms with E-state index in [0.717, 1.165) is 11.1 Å². The third-order valence-corrected chi connectivity index (χ3v) is 3.80. The number of amides is 1. The molecule has 1 aromatic carbocycles. The highest BCUT2D eigenvalue weighted by molar-refractivity contribution is 5.78. The maximum absolute atomic E-state index is 12.0. The molecule has 0 saturated carbocycles. The lowest BCUT2D eigenvalue weighted by molar-refractivity contribution is -0.120. The fourth-order valence-electron chi connectivity index (χ4n) is 2.51. The fraction of sp³-hybridized carbons (Fsp3) is 0.167. The molecule has 25 heavy (non-hydrogen) atoms. The van der Waals surface area contributed by atoms with Crippen molar-refractivity contribution in [3.63, 3.8) is 0 Å². The number of carbonyl (C=O) groups is 1. The zero-order valence-corrected chi connectivity index (χ0v) is 13.3. The van der Waals surface area contributed by atoms with Gasteiger partial charge in [0, 0.05) is 30.6 Å². The number of carbonyl (C=O) groups excluding carboxylic acids is 1. The van der Waals surface area contributed by atoms with E-state index in [-0.39, 0.29) is 19.1 Å². The number of rotatable bonds is 5. The van der Waals surface area contributed by atoms with Crippen LogP contribution in [0.2, 0.25) is 0 Å². The van der Waals surface area contributed by atoms with Crippen LogP contribution in [0, 0.1) is 0 Å². The molecule has 126 valence electrons. The van der Waals surface area contributed by atoms with Crippen LogP contribution in [0.15, 0.2) is 53.3 Å². The quantitative estimate of drug-likeness (QED) is 0.769. The molecule has 1 aliphatic rings. The summed E-state index contributed by atoms with van der Waals surface area (Å²) in [6, 6.07) is 11.0. The number of hydrogen-bond acceptors (Lipinski definition) is 6. The Morgan fingerprint density at radius 1 is 1.08 bits per heavy atom. The number of nitrogens with one attached hydrogen (secondary N) is 1. The van der Waals surface area contributed by atoms with Crippen molar-refractivity contribution in [2.24, 2.45) is 0 Å². The molecular weight excluding hydrogens is 322 g/mol. The van der Waals surface area contributed by atoms with Crippen LogP contribution in [0.4, 0.5) is 0 Å². The second-order valence-corrected chi connectivity index (χ2v) is 5.56. The van der Waals surface area contributed by atoms with Gasteiger partial charge in [0.1, 0.15) is 0 Å². The number of fused-ring (bicyclic) bond motifs is 1. The lowest BCUT2D eigenvalue weighted by Crippen LogP contribution is -2.24. The van der Waals surface area contributed by atoms with E-state index >= 15 is 0 Å². The first-order chi connectivity index (χ1) is 12.3. The minimum Gasteiger partial charge on any atom is -0.454 e. The Kier molecular flexibility index (Phi) is 4.04. The average Bonchev–Trinajstić information content (AvgIpc) is 3.29. The molecule has 4 rings (SSSR count). The third-order valence-electron chi connectivity index (χ3n) is 3.80. The van der Waals surface area contributed by atoms with E-state index in [1.807, 2.05) is 30.3 Å². The van der Waals surface area contributed by atoms with Gasteiger partial charge in [-0.15, -0.1) is 0 Å². The molecule has 3 heterocycles. The highest BCUT2D eigenvalue weighted by Crippen LogP contribution is 2.36. The first-order valence-corrected chi connectivity index (χ1v) is 7.79. The second-order valence-electron chi connectivity index (χ2n) is 5.56. The number of nitrogens with zero attached hydrogens (tertiary/aromatic N) is 2. The Bertz CT molecular complexity index is 892. The van der Waals surface area contributed by atoms with E-state index in [0.29, 0.717) is 29.5 Å². The van der Waals surface area contributed by atoms with Gasteiger partial charge in [0.05, 0.1) is 12.1 Å². The van der Waals surface area contributed by atoms with Crippen molar-refractivity contribution in [2.45, 2.75) is 13.0 Å². The molecule has 0 fully saturated rings. The molecular formula is C18H15N3O4. The van der Waals surface area contributed by atoms with Gasteiger partial charge in [-0.2, -0.15) is 0 Å². The van der Waals surface area contributed by atoms with Crippen molar-refractivity contribution in [2.75, 3.05) is 6.79 Å². The van der Waals surface area contributed by atoms with Crippen LogP contribution in [-0.2, 0) is 17.8 Å². The molecule has 0 radical (unpaired) electrons. The normalized spacial score (nSPS) is 12.2. The van der Waals surface area contributed by atoms with Gasteiger partial charge in [0.15, 0.2) is 17.3 Å². The average molecular weight is 337 g/mol. The van der Waals surface area contributed by atoms with Crippen molar-refractivity contribution in [3.8, 4) is 22.8 Å². The fourth-order valence-corrected chi connectivity index (χ4v) is 2.51. The number of ether oxygens (including phenoxy) is 2. The summed E-state index contributed by atoms with van der Waals surface area (Å²) in [6.07, 6.45) is 3.53. The SMILES string of the molecule is O=C(Cc1cc(-c2ccc3c(c2)OCO3)on1)NCc1ccncc1. The molecule has 7 nitrogen and oxygen atoms in total. The minimum absolute atomic E-state index is 0.123. The molecule has 3 aromatic rings. The Hall–Kier alpha value is -3.35. The third kappa shape index (κ3) is 3.45. The van der Waals surface area contributed by atoms with E-state index in [9.17, 15) is 4.79 Å². The lowest BCUT2D eigenvalue weighted by Gasteiger charge is -2.03. The van der Waals surface area contributed by atoms with Crippen LogP contribution >= 0.6 is 0 Å². The van der Waals surface area contributed by atoms with Gasteiger partial charge in [0.25, 0.3) is 0 Å². The zero-order valence-electron chi connectivity index (χ0n) is 13.3. The van der Waals surface area contributed by atoms with Crippen molar-refractivity contribution < 1.29 is 18.8 Å². The topological polar surface area (TPSA) is 86.5 Å². The van der Waals surface area contributed by atoms with Crippen LogP contribution in [0.5, 0.6) is 11.5 Å². The van der Waals surface area contributed by atoms with Crippen LogP contribution in [-0.4, -0.2) is 22.8 Å². The molecule has 1 aliphatic heterocycles. The number of benzene rings is 1. The minimum atomic E-state index is -0.123. The maximum Gasteiger partial charge on any atom is 0.231 e. The molecule has 0 bridgehead atoms. The van der Waals surface area contributed by atoms with Crippen LogP contribution in [0.25, 0.3) is 11.3 Å². The Labute approximate surface area is 143 Å². The largest absolute Gasteiger partial charge is 0.454 e. The Morgan fingerprint density at radius 2 is 1.92 bits per heavy atom. The van der Waals surface area contributed by atoms with Crippen LogP contribution in [0.1, 0.15) is 11.3 Å². The standard InChI is InChI=1S/C18H15N3O4/c22-18(20-10-12-3-5-19-6-4-12)9-14-8-16(25-21-14)13-1-2-15-17(7-13)24-11-23-15/h1-8H,9-11H2,(H,20,22). The van der Waals surface area contributed by atoms with Crippen LogP contribution < -0.4 is 14.8 Å². The monoisotopic (exact) mass is 337 g/mol. The van der Waals surface area contributed by atoms with Crippen LogP contribution in [0.3, 0.4) is 0 Å². The summed E-state index contributed by atoms with van der Waals surface area (Å²) < 4.78 is 16.0. The summed E-state index contributed by atoms with van der Waals surface area (Å²) in [5, 5.41) is 6.81. The summed E-state index contributed by atoms with van der Waals surface area (Å²) in [7, 11) is 0. The number of pyridine rings is 1. The molecule has 0 saturated heterocycles. The molecule has 2 aromatic heterocycles. The maximum atomic E-state index is 12.0. The van der Waals surface area contributed by atoms with Gasteiger partial charge in [-0.1, -0.05) is 5.16 Å². The predicted molar refractivity (Wildman–Crippen MR) is 87.8 cm³/mol. The van der Waals surface area contributed by atoms with Crippen molar-refractivity contribution in [3.05, 3.63) is 60.0 Å². The highest BCUT2D eigenvalue weighted by atomic mass is 16.7. The first kappa shape index (κ1) is 15.2. The molecule has 0 aliphatic carbocycles. The van der Waals surface area contributed by atoms with Gasteiger partial charge < -0.3 is 19.3 Å². The highest BCUT2D eigenvalue weighted by Gasteiger charge is 2.16. The van der Waals surface area contributed by atoms with E-state index in [2.05, 4.69) is 15.5 Å². The second kappa shape index (κ2) is 6.64. The molecule has 1 amide bonds. The Balaban J connectivity index is 1.39. The van der Waals surface area contributed by atoms with E-state index < -0.39 is 0 Å². The smallest absolute Gasteiger partial charge is 0.231 e. The van der Waals surface area contributed by atoms with Crippen molar-refractivity contribution in [1.82, 2.24) is 15.5 Å². The number of aromatic nitrogens is 2. The molecule has 7 heteroatoms. The predicted octanol–water partition coefficient (Wildman–Crippen LogP) is 2.32. The van der Waals surface area contributed by atoms with Gasteiger partial charge in [-0.3, -0.25) is 9.78 Å². The van der Waals surface area contributed by atoms with Gasteiger partial charge >= 0.3 is 0 Å². The van der Waals surface area contributed by atoms with Gasteiger partial charge in [0.2, 0.25) is 12.7 Å². The van der Waals surface area contributed by atoms with Crippen molar-refractivity contribution >= 4 is 5.91 Å². The van der Waals surface area contributed by atoms with Gasteiger partial charge in [-0.05, 0) is 35.9 Å². The zero-order chi connectivity index (χ0) is 17.1. The molecule has 0 unspecified atom stereocenters. The first-order valence-electron chi connectivity index (χ1n) is 7.79. The molecule has 1 N–H and O–H groups in total. The summed E-state index contributed by atoms with van der Waals surface area (Å²) >= 11 is 0. The van der Waals surface area contributed by atoms with E-state index in [4.69, 9.17) is 14.0 Å². The summed E-state index contributed by atoms with van der Waals surface area (Å²) in [5.74, 6) is 1.84. The summed E-state index contributed by atoms with van der Waals surface area (Å²) in [4.78, 5) is 16.0. The van der Waals surface area contributed by atoms with Crippen molar-refractivity contribution in [1.29, 1.82) is 0 Å². The number of hydrogen-bond donors (Lipinski definition) is 1. The summed E-state index contributed by atoms with van der Waals surface area (Å²) in [6.45, 7) is 0.673. The van der Waals surface area contributed by atoms with Gasteiger partial charge in [-0.25, -0.2) is 0 Å². The van der Waals surface area contributed by atoms with E-state index in [1.165, 1.54) is 0 Å². The summed E-state index contributed by atoms with van der Waals surface area (Å²) in [5.41, 5.74) is 2.38. The molecule has 0 atom stereocenters. The lowest BCUT2D eigenvalue weighted by atomic mass is 10.1. The Morgan fingerprint density at radius 3 is 2.80 bits per heavy atom. The molecule has 0 spiro atoms. The van der Waals surface area contributed by atoms with E-state index in [1.54, 1.807) is 18.5 Å².